The summed E-state index contributed by atoms with van der Waals surface area (Å²) >= 11 is 0. The van der Waals surface area contributed by atoms with E-state index >= 15 is 0 Å². The van der Waals surface area contributed by atoms with Gasteiger partial charge in [-0.05, 0) is 19.2 Å². The summed E-state index contributed by atoms with van der Waals surface area (Å²) in [6.07, 6.45) is 0. The van der Waals surface area contributed by atoms with Crippen LogP contribution >= 0.6 is 0 Å². The Morgan fingerprint density at radius 3 is 2.67 bits per heavy atom. The predicted molar refractivity (Wildman–Crippen MR) is 35.1 cm³/mol. The van der Waals surface area contributed by atoms with Crippen LogP contribution in [0, 0.1) is 7.11 Å². The van der Waals surface area contributed by atoms with E-state index in [9.17, 15) is 0 Å². The van der Waals surface area contributed by atoms with E-state index in [2.05, 4.69) is 11.8 Å². The van der Waals surface area contributed by atoms with Crippen molar-refractivity contribution in [2.45, 2.75) is 0 Å². The zero-order valence-corrected chi connectivity index (χ0v) is 4.91. The third-order valence-electron chi connectivity index (χ3n) is 1.01. The maximum absolute atomic E-state index is 8.86. The van der Waals surface area contributed by atoms with Crippen molar-refractivity contribution in [2.24, 2.45) is 0 Å². The Bertz CT molecular complexity index is 196. The first-order valence-corrected chi connectivity index (χ1v) is 2.58. The highest BCUT2D eigenvalue weighted by Crippen LogP contribution is 2.17. The summed E-state index contributed by atoms with van der Waals surface area (Å²) in [6.45, 7) is 0. The van der Waals surface area contributed by atoms with Gasteiger partial charge in [-0.15, -0.1) is 0 Å². The molecule has 0 heterocycles. The molecule has 2 heteroatoms. The molecule has 0 spiro atoms. The van der Waals surface area contributed by atoms with E-state index in [0.717, 1.165) is 0 Å². The highest BCUT2D eigenvalue weighted by Gasteiger charge is 1.91. The van der Waals surface area contributed by atoms with Crippen molar-refractivity contribution in [3.8, 4) is 11.5 Å². The molecule has 2 N–H and O–H groups in total. The van der Waals surface area contributed by atoms with Gasteiger partial charge in [-0.3, -0.25) is 0 Å². The Balaban J connectivity index is 2.94. The Labute approximate surface area is 53.7 Å². The minimum absolute atomic E-state index is 0.222. The second kappa shape index (κ2) is 2.40. The zero-order valence-electron chi connectivity index (χ0n) is 4.91. The number of aliphatic hydroxyl groups is 1. The molecule has 0 saturated carbocycles. The minimum Gasteiger partial charge on any atom is -0.722 e. The molecule has 2 nitrogen and oxygen atoms in total. The first kappa shape index (κ1) is 5.95. The second-order valence-corrected chi connectivity index (χ2v) is 1.68. The van der Waals surface area contributed by atoms with Crippen LogP contribution in [0.15, 0.2) is 24.3 Å². The number of benzene rings is 1. The second-order valence-electron chi connectivity index (χ2n) is 1.68. The average Bonchev–Trinajstić information content (AvgIpc) is 1.88. The van der Waals surface area contributed by atoms with Crippen LogP contribution in [0.25, 0.3) is 0 Å². The van der Waals surface area contributed by atoms with Gasteiger partial charge in [0.05, 0.1) is 6.07 Å². The fourth-order valence-electron chi connectivity index (χ4n) is 0.591. The maximum atomic E-state index is 8.86. The van der Waals surface area contributed by atoms with Gasteiger partial charge in [0.25, 0.3) is 0 Å². The van der Waals surface area contributed by atoms with E-state index in [4.69, 9.17) is 5.11 Å². The number of ether oxygens (including phenoxy) is 1. The van der Waals surface area contributed by atoms with Crippen molar-refractivity contribution >= 4 is 0 Å². The topological polar surface area (TPSA) is 33.0 Å². The van der Waals surface area contributed by atoms with E-state index in [1.54, 1.807) is 24.3 Å². The number of rotatable bonds is 1. The molecule has 0 amide bonds. The maximum Gasteiger partial charge on any atom is 0.229 e. The lowest BCUT2D eigenvalue weighted by molar-refractivity contribution is 0.185. The summed E-state index contributed by atoms with van der Waals surface area (Å²) in [5.74, 6) is 0.912. The molecule has 0 aliphatic carbocycles. The van der Waals surface area contributed by atoms with Crippen LogP contribution in [0.2, 0.25) is 0 Å². The molecule has 0 unspecified atom stereocenters. The molecule has 0 saturated heterocycles. The lowest BCUT2D eigenvalue weighted by Crippen LogP contribution is -1.72. The summed E-state index contributed by atoms with van der Waals surface area (Å²) in [5, 5.41) is 8.86. The Morgan fingerprint density at radius 2 is 2.22 bits per heavy atom. The molecule has 0 atom stereocenters. The molecule has 9 heavy (non-hydrogen) atoms. The fourth-order valence-corrected chi connectivity index (χ4v) is 0.591. The zero-order chi connectivity index (χ0) is 6.69. The van der Waals surface area contributed by atoms with E-state index in [1.807, 2.05) is 0 Å². The lowest BCUT2D eigenvalue weighted by Gasteiger charge is -2.01. The van der Waals surface area contributed by atoms with Crippen LogP contribution in [-0.4, -0.2) is 9.84 Å². The van der Waals surface area contributed by atoms with Crippen molar-refractivity contribution < 1.29 is 9.84 Å². The van der Waals surface area contributed by atoms with Gasteiger partial charge in [-0.1, -0.05) is 0 Å². The first-order valence-electron chi connectivity index (χ1n) is 2.58. The summed E-state index contributed by atoms with van der Waals surface area (Å²) < 4.78 is 3.62. The quantitative estimate of drug-likeness (QED) is 0.445. The molecule has 48 valence electrons. The number of aromatic hydroxyl groups is 2. The highest BCUT2D eigenvalue weighted by molar-refractivity contribution is 5.30. The summed E-state index contributed by atoms with van der Waals surface area (Å²) in [7, 11) is 3.31. The summed E-state index contributed by atoms with van der Waals surface area (Å²) in [6, 6.07) is 6.63. The van der Waals surface area contributed by atoms with Crippen LogP contribution in [0.4, 0.5) is 0 Å². The van der Waals surface area contributed by atoms with Gasteiger partial charge in [-0.2, -0.15) is 0 Å². The van der Waals surface area contributed by atoms with Crippen LogP contribution in [-0.2, 0) is 0 Å². The molecule has 0 fully saturated rings. The van der Waals surface area contributed by atoms with Gasteiger partial charge in [0, 0.05) is 6.07 Å². The number of hydrogen-bond donors (Lipinski definition) is 1. The Kier molecular flexibility index (Phi) is 1.58. The van der Waals surface area contributed by atoms with Gasteiger partial charge in [0.15, 0.2) is 0 Å². The first-order chi connectivity index (χ1) is 4.33. The predicted octanol–water partition coefficient (Wildman–Crippen LogP) is 1.43. The van der Waals surface area contributed by atoms with Crippen molar-refractivity contribution in [1.82, 2.24) is 0 Å². The standard InChI is InChI=1S/C7H8O2/c1-9-7-4-2-3-6(8)5-7/h2-5,8-9H,1H2. The monoisotopic (exact) mass is 124 g/mol. The number of hydrogen-bond acceptors (Lipinski definition) is 1. The van der Waals surface area contributed by atoms with Crippen LogP contribution < -0.4 is 0 Å². The Hall–Kier alpha value is -1.18. The fraction of sp³-hybridized carbons (Fsp3) is 0. The van der Waals surface area contributed by atoms with Crippen molar-refractivity contribution in [1.29, 1.82) is 0 Å². The lowest BCUT2D eigenvalue weighted by atomic mass is 10.3. The number of phenols is 1. The smallest absolute Gasteiger partial charge is 0.229 e. The largest absolute Gasteiger partial charge is 0.722 e. The molecule has 0 bridgehead atoms. The third kappa shape index (κ3) is 1.35. The normalized spacial score (nSPS) is 9.00. The van der Waals surface area contributed by atoms with Gasteiger partial charge >= 0.3 is 0 Å². The van der Waals surface area contributed by atoms with Crippen LogP contribution in [0.5, 0.6) is 11.5 Å². The minimum atomic E-state index is 0.222. The van der Waals surface area contributed by atoms with E-state index in [1.165, 1.54) is 0 Å². The molecule has 0 aliphatic heterocycles. The van der Waals surface area contributed by atoms with E-state index in [0.29, 0.717) is 5.75 Å². The highest BCUT2D eigenvalue weighted by atomic mass is 16.5. The SMILES string of the molecule is [CH2-][OH+]c1cccc(O)c1. The molecule has 0 radical (unpaired) electrons. The van der Waals surface area contributed by atoms with Gasteiger partial charge in [0.2, 0.25) is 5.75 Å². The van der Waals surface area contributed by atoms with Gasteiger partial charge < -0.3 is 9.84 Å². The molecule has 0 aromatic heterocycles. The Morgan fingerprint density at radius 1 is 1.44 bits per heavy atom. The van der Waals surface area contributed by atoms with Crippen molar-refractivity contribution in [3.63, 3.8) is 0 Å². The summed E-state index contributed by atoms with van der Waals surface area (Å²) in [4.78, 5) is 0. The summed E-state index contributed by atoms with van der Waals surface area (Å²) in [5.41, 5.74) is 0. The van der Waals surface area contributed by atoms with E-state index in [-0.39, 0.29) is 5.75 Å². The molecular formula is C7H8O2. The van der Waals surface area contributed by atoms with E-state index < -0.39 is 0 Å². The van der Waals surface area contributed by atoms with Crippen LogP contribution in [0.1, 0.15) is 0 Å². The molecule has 0 aliphatic rings. The van der Waals surface area contributed by atoms with Gasteiger partial charge in [0.1, 0.15) is 5.75 Å². The van der Waals surface area contributed by atoms with Crippen LogP contribution in [0.3, 0.4) is 0 Å². The molecular weight excluding hydrogens is 116 g/mol. The number of phenolic OH excluding ortho intramolecular Hbond substituents is 1. The van der Waals surface area contributed by atoms with Crippen molar-refractivity contribution in [3.05, 3.63) is 31.4 Å². The third-order valence-corrected chi connectivity index (χ3v) is 1.01. The average molecular weight is 124 g/mol. The van der Waals surface area contributed by atoms with Crippen molar-refractivity contribution in [2.75, 3.05) is 0 Å². The molecule has 1 rings (SSSR count). The van der Waals surface area contributed by atoms with Gasteiger partial charge in [-0.25, -0.2) is 0 Å². The molecule has 1 aromatic rings. The molecule has 1 aromatic carbocycles.